The second-order valence-corrected chi connectivity index (χ2v) is 6.38. The zero-order valence-electron chi connectivity index (χ0n) is 9.72. The lowest BCUT2D eigenvalue weighted by Crippen LogP contribution is -2.39. The molecule has 0 N–H and O–H groups in total. The summed E-state index contributed by atoms with van der Waals surface area (Å²) in [6.45, 7) is 6.51. The van der Waals surface area contributed by atoms with Gasteiger partial charge in [-0.2, -0.15) is 0 Å². The smallest absolute Gasteiger partial charge is 0.0631 e. The molecule has 2 heteroatoms. The quantitative estimate of drug-likeness (QED) is 0.552. The van der Waals surface area contributed by atoms with E-state index in [1.165, 1.54) is 25.7 Å². The van der Waals surface area contributed by atoms with Gasteiger partial charge in [-0.3, -0.25) is 0 Å². The molecule has 2 rings (SSSR count). The summed E-state index contributed by atoms with van der Waals surface area (Å²) < 4.78 is 0. The summed E-state index contributed by atoms with van der Waals surface area (Å²) in [5.41, 5.74) is 0.0167. The van der Waals surface area contributed by atoms with Crippen LogP contribution < -0.4 is 0 Å². The van der Waals surface area contributed by atoms with Gasteiger partial charge >= 0.3 is 0 Å². The monoisotopic (exact) mass is 186 g/mol. The van der Waals surface area contributed by atoms with Gasteiger partial charge in [-0.15, -0.1) is 0 Å². The summed E-state index contributed by atoms with van der Waals surface area (Å²) in [6.07, 6.45) is 5.45. The maximum absolute atomic E-state index is 6.40. The molecule has 0 unspecified atom stereocenters. The van der Waals surface area contributed by atoms with E-state index in [0.29, 0.717) is 5.92 Å². The summed E-state index contributed by atoms with van der Waals surface area (Å²) in [5.74, 6) is 2.20. The van der Waals surface area contributed by atoms with E-state index < -0.39 is 5.21 Å². The highest BCUT2D eigenvalue weighted by molar-refractivity contribution is 6.40. The minimum absolute atomic E-state index is 0.0167. The molecule has 2 aliphatic carbocycles. The molecule has 2 saturated carbocycles. The van der Waals surface area contributed by atoms with E-state index in [1.807, 2.05) is 0 Å². The van der Waals surface area contributed by atoms with Crippen LogP contribution in [0.15, 0.2) is 0 Å². The van der Waals surface area contributed by atoms with Gasteiger partial charge in [0.2, 0.25) is 0 Å². The minimum Gasteiger partial charge on any atom is -0.0911 e. The van der Waals surface area contributed by atoms with Crippen LogP contribution in [0.1, 0.15) is 46.5 Å². The van der Waals surface area contributed by atoms with Crippen molar-refractivity contribution >= 4 is 15.7 Å². The van der Waals surface area contributed by atoms with E-state index in [4.69, 9.17) is 15.7 Å². The molecular weight excluding hydrogens is 166 g/mol. The third-order valence-electron chi connectivity index (χ3n) is 4.68. The number of hydrogen-bond donors (Lipinski definition) is 0. The van der Waals surface area contributed by atoms with Crippen molar-refractivity contribution in [2.45, 2.75) is 51.7 Å². The molecule has 0 heterocycles. The van der Waals surface area contributed by atoms with Gasteiger partial charge in [0.05, 0.1) is 15.7 Å². The van der Waals surface area contributed by atoms with Crippen LogP contribution in [0, 0.1) is 23.2 Å². The van der Waals surface area contributed by atoms with Crippen molar-refractivity contribution in [2.24, 2.45) is 23.2 Å². The molecule has 4 radical (unpaired) electrons. The van der Waals surface area contributed by atoms with Crippen LogP contribution in [0.3, 0.4) is 0 Å². The molecule has 0 aromatic rings. The van der Waals surface area contributed by atoms with Crippen LogP contribution in [0.4, 0.5) is 0 Å². The molecule has 0 saturated heterocycles. The zero-order chi connectivity index (χ0) is 10.6. The topological polar surface area (TPSA) is 0 Å². The standard InChI is InChI=1S/C12H20B2/c1-11(2,3)12(13,14)10-8-4-5-9(10)7-6-8/h8-10H,4-7H2,1-3H3. The van der Waals surface area contributed by atoms with Gasteiger partial charge in [0.25, 0.3) is 0 Å². The molecule has 0 atom stereocenters. The first-order chi connectivity index (χ1) is 6.34. The van der Waals surface area contributed by atoms with Crippen LogP contribution in [0.25, 0.3) is 0 Å². The zero-order valence-corrected chi connectivity index (χ0v) is 9.72. The second kappa shape index (κ2) is 3.06. The molecule has 0 aromatic heterocycles. The summed E-state index contributed by atoms with van der Waals surface area (Å²) >= 11 is 0. The summed E-state index contributed by atoms with van der Waals surface area (Å²) in [7, 11) is 12.8. The molecule has 0 aliphatic heterocycles. The first kappa shape index (κ1) is 10.6. The Bertz CT molecular complexity index is 207. The van der Waals surface area contributed by atoms with Gasteiger partial charge in [-0.05, 0) is 48.9 Å². The molecule has 0 spiro atoms. The van der Waals surface area contributed by atoms with Gasteiger partial charge in [-0.25, -0.2) is 0 Å². The highest BCUT2D eigenvalue weighted by Gasteiger charge is 2.51. The van der Waals surface area contributed by atoms with Crippen LogP contribution in [-0.2, 0) is 0 Å². The molecule has 74 valence electrons. The van der Waals surface area contributed by atoms with E-state index in [9.17, 15) is 0 Å². The Balaban J connectivity index is 2.23. The Hall–Kier alpha value is 0.130. The Morgan fingerprint density at radius 2 is 1.21 bits per heavy atom. The van der Waals surface area contributed by atoms with Crippen molar-refractivity contribution in [3.8, 4) is 0 Å². The second-order valence-electron chi connectivity index (χ2n) is 6.38. The molecular formula is C12H20B2. The third kappa shape index (κ3) is 1.37. The normalized spacial score (nSPS) is 37.8. The maximum atomic E-state index is 6.40. The van der Waals surface area contributed by atoms with Crippen LogP contribution >= 0.6 is 0 Å². The number of fused-ring (bicyclic) bond motifs is 2. The first-order valence-corrected chi connectivity index (χ1v) is 5.92. The fraction of sp³-hybridized carbons (Fsp3) is 1.00. The fourth-order valence-corrected chi connectivity index (χ4v) is 3.53. The highest BCUT2D eigenvalue weighted by atomic mass is 14.5. The van der Waals surface area contributed by atoms with Crippen molar-refractivity contribution in [3.63, 3.8) is 0 Å². The lowest BCUT2D eigenvalue weighted by atomic mass is 9.37. The molecule has 0 amide bonds. The summed E-state index contributed by atoms with van der Waals surface area (Å²) in [6, 6.07) is 0. The predicted octanol–water partition coefficient (Wildman–Crippen LogP) is 2.92. The maximum Gasteiger partial charge on any atom is 0.0631 e. The lowest BCUT2D eigenvalue weighted by molar-refractivity contribution is 0.214. The largest absolute Gasteiger partial charge is 0.0911 e. The van der Waals surface area contributed by atoms with Crippen LogP contribution in [0.2, 0.25) is 5.21 Å². The van der Waals surface area contributed by atoms with Crippen molar-refractivity contribution < 1.29 is 0 Å². The third-order valence-corrected chi connectivity index (χ3v) is 4.68. The van der Waals surface area contributed by atoms with Crippen molar-refractivity contribution in [1.29, 1.82) is 0 Å². The van der Waals surface area contributed by atoms with Gasteiger partial charge < -0.3 is 0 Å². The lowest BCUT2D eigenvalue weighted by Gasteiger charge is -2.47. The molecule has 0 nitrogen and oxygen atoms in total. The predicted molar refractivity (Wildman–Crippen MR) is 62.6 cm³/mol. The SMILES string of the molecule is [B]C([B])(C1C2CCC1CC2)C(C)(C)C. The Morgan fingerprint density at radius 1 is 0.857 bits per heavy atom. The van der Waals surface area contributed by atoms with E-state index >= 15 is 0 Å². The van der Waals surface area contributed by atoms with Gasteiger partial charge in [-0.1, -0.05) is 26.0 Å². The van der Waals surface area contributed by atoms with E-state index in [1.54, 1.807) is 0 Å². The van der Waals surface area contributed by atoms with Crippen LogP contribution in [-0.4, -0.2) is 15.7 Å². The average Bonchev–Trinajstić information content (AvgIpc) is 2.59. The van der Waals surface area contributed by atoms with E-state index in [-0.39, 0.29) is 5.41 Å². The molecule has 0 aromatic carbocycles. The molecule has 2 bridgehead atoms. The van der Waals surface area contributed by atoms with Gasteiger partial charge in [0.15, 0.2) is 0 Å². The van der Waals surface area contributed by atoms with E-state index in [0.717, 1.165) is 11.8 Å². The Morgan fingerprint density at radius 3 is 1.50 bits per heavy atom. The highest BCUT2D eigenvalue weighted by Crippen LogP contribution is 2.62. The molecule has 2 aliphatic rings. The first-order valence-electron chi connectivity index (χ1n) is 5.92. The minimum atomic E-state index is -0.477. The van der Waals surface area contributed by atoms with Gasteiger partial charge in [0.1, 0.15) is 0 Å². The Labute approximate surface area is 91.0 Å². The molecule has 2 fully saturated rings. The average molecular weight is 186 g/mol. The van der Waals surface area contributed by atoms with Crippen molar-refractivity contribution in [3.05, 3.63) is 0 Å². The fourth-order valence-electron chi connectivity index (χ4n) is 3.53. The molecule has 14 heavy (non-hydrogen) atoms. The van der Waals surface area contributed by atoms with Crippen molar-refractivity contribution in [2.75, 3.05) is 0 Å². The van der Waals surface area contributed by atoms with Gasteiger partial charge in [0, 0.05) is 0 Å². The van der Waals surface area contributed by atoms with E-state index in [2.05, 4.69) is 20.8 Å². The summed E-state index contributed by atoms with van der Waals surface area (Å²) in [4.78, 5) is 0. The Kier molecular flexibility index (Phi) is 2.33. The number of hydrogen-bond acceptors (Lipinski definition) is 0. The number of rotatable bonds is 1. The van der Waals surface area contributed by atoms with Crippen LogP contribution in [0.5, 0.6) is 0 Å². The summed E-state index contributed by atoms with van der Waals surface area (Å²) in [5, 5.41) is -0.477. The van der Waals surface area contributed by atoms with Crippen molar-refractivity contribution in [1.82, 2.24) is 0 Å².